The van der Waals surface area contributed by atoms with Crippen molar-refractivity contribution in [1.82, 2.24) is 14.8 Å². The first-order chi connectivity index (χ1) is 22.5. The molecule has 6 rings (SSSR count). The van der Waals surface area contributed by atoms with E-state index >= 15 is 4.39 Å². The number of benzene rings is 2. The average Bonchev–Trinajstić information content (AvgIpc) is 3.73. The summed E-state index contributed by atoms with van der Waals surface area (Å²) in [6.45, 7) is 6.08. The number of likely N-dealkylation sites (tertiary alicyclic amines) is 1. The Morgan fingerprint density at radius 3 is 2.43 bits per heavy atom. The number of carboxylic acid groups (broad SMARTS) is 1. The Labute approximate surface area is 278 Å². The van der Waals surface area contributed by atoms with Crippen molar-refractivity contribution in [3.63, 3.8) is 0 Å². The van der Waals surface area contributed by atoms with E-state index in [4.69, 9.17) is 21.1 Å². The van der Waals surface area contributed by atoms with Gasteiger partial charge in [-0.2, -0.15) is 0 Å². The number of carbonyl (C=O) groups is 3. The Balaban J connectivity index is 1.29. The lowest BCUT2D eigenvalue weighted by molar-refractivity contribution is -0.274. The number of carbonyl (C=O) groups excluding carboxylic acids is 2. The van der Waals surface area contributed by atoms with Crippen molar-refractivity contribution in [2.45, 2.75) is 83.0 Å². The Morgan fingerprint density at radius 1 is 1.06 bits per heavy atom. The smallest absolute Gasteiger partial charge is 0.306 e. The summed E-state index contributed by atoms with van der Waals surface area (Å²) in [6.07, 6.45) is 4.40. The van der Waals surface area contributed by atoms with Crippen LogP contribution < -0.4 is 5.32 Å². The number of para-hydroxylation sites is 1. The first kappa shape index (κ1) is 33.5. The molecule has 1 saturated carbocycles. The van der Waals surface area contributed by atoms with Gasteiger partial charge in [0.25, 0.3) is 5.91 Å². The van der Waals surface area contributed by atoms with Crippen molar-refractivity contribution in [2.75, 3.05) is 31.5 Å². The number of nitrogens with zero attached hydrogens (tertiary/aromatic N) is 2. The number of rotatable bonds is 10. The second kappa shape index (κ2) is 14.0. The van der Waals surface area contributed by atoms with Gasteiger partial charge in [-0.15, -0.1) is 0 Å². The number of morpholine rings is 1. The van der Waals surface area contributed by atoms with Crippen LogP contribution in [0.25, 0.3) is 10.9 Å². The third-order valence-corrected chi connectivity index (χ3v) is 9.98. The maximum absolute atomic E-state index is 15.8. The third kappa shape index (κ3) is 6.96. The van der Waals surface area contributed by atoms with E-state index in [0.29, 0.717) is 57.4 Å². The number of nitrogens with one attached hydrogen (secondary N) is 2. The highest BCUT2D eigenvalue weighted by molar-refractivity contribution is 6.34. The summed E-state index contributed by atoms with van der Waals surface area (Å²) in [5.74, 6) is -4.15. The van der Waals surface area contributed by atoms with Crippen LogP contribution in [0.5, 0.6) is 0 Å². The maximum Gasteiger partial charge on any atom is 0.306 e. The largest absolute Gasteiger partial charge is 0.481 e. The number of hydrogen-bond donors (Lipinski definition) is 3. The van der Waals surface area contributed by atoms with Crippen LogP contribution in [0.4, 0.5) is 10.1 Å². The van der Waals surface area contributed by atoms with Crippen LogP contribution in [-0.2, 0) is 25.5 Å². The van der Waals surface area contributed by atoms with Crippen molar-refractivity contribution < 1.29 is 33.4 Å². The molecule has 3 aliphatic rings. The summed E-state index contributed by atoms with van der Waals surface area (Å²) in [6, 6.07) is 9.92. The van der Waals surface area contributed by atoms with Gasteiger partial charge < -0.3 is 24.9 Å². The highest BCUT2D eigenvalue weighted by atomic mass is 35.5. The zero-order valence-corrected chi connectivity index (χ0v) is 27.5. The summed E-state index contributed by atoms with van der Waals surface area (Å²) >= 11 is 6.61. The van der Waals surface area contributed by atoms with Gasteiger partial charge in [0.15, 0.2) is 5.78 Å². The molecule has 0 bridgehead atoms. The van der Waals surface area contributed by atoms with E-state index in [2.05, 4.69) is 15.2 Å². The standard InChI is InChI=1S/C35H42ClFN4O6/c1-21-19-41(20-22(2)46-21)35(40-13-5-6-14-40,47-25-11-9-23(10-12-25)34(44)45)32(42)16-24-15-28(36)31(17-29(24)37)39-33(43)27-18-38-30-8-4-3-7-26(27)30/h3-4,7-8,15,17-18,21-23,25,38H,5-6,9-14,16,19-20H2,1-2H3,(H,39,43)(H,44,45)/t21-,22+,23-,25-,35?. The number of aromatic nitrogens is 1. The second-order valence-corrected chi connectivity index (χ2v) is 13.5. The van der Waals surface area contributed by atoms with Crippen LogP contribution in [0.3, 0.4) is 0 Å². The molecule has 10 nitrogen and oxygen atoms in total. The zero-order chi connectivity index (χ0) is 33.3. The molecule has 1 unspecified atom stereocenters. The lowest BCUT2D eigenvalue weighted by Crippen LogP contribution is -2.71. The zero-order valence-electron chi connectivity index (χ0n) is 26.8. The summed E-state index contributed by atoms with van der Waals surface area (Å²) in [7, 11) is 0. The number of carboxylic acids is 1. The molecule has 12 heteroatoms. The minimum atomic E-state index is -1.48. The van der Waals surface area contributed by atoms with Gasteiger partial charge in [0.05, 0.1) is 40.5 Å². The van der Waals surface area contributed by atoms with Gasteiger partial charge in [0.1, 0.15) is 5.82 Å². The SMILES string of the molecule is C[C@@H]1CN(C(O[C@H]2CC[C@H](C(=O)O)CC2)(C(=O)Cc2cc(Cl)c(NC(=O)c3c[nH]c4ccccc34)cc2F)N2CCCC2)C[C@H](C)O1. The topological polar surface area (TPSA) is 124 Å². The molecule has 0 radical (unpaired) electrons. The van der Waals surface area contributed by atoms with Gasteiger partial charge in [-0.25, -0.2) is 4.39 Å². The molecule has 1 aliphatic carbocycles. The molecule has 1 aromatic heterocycles. The normalized spacial score (nSPS) is 25.4. The van der Waals surface area contributed by atoms with Crippen molar-refractivity contribution in [3.8, 4) is 0 Å². The summed E-state index contributed by atoms with van der Waals surface area (Å²) in [5.41, 5.74) is 1.40. The minimum absolute atomic E-state index is 0.0983. The molecule has 3 heterocycles. The fourth-order valence-corrected chi connectivity index (χ4v) is 7.66. The second-order valence-electron chi connectivity index (χ2n) is 13.1. The molecule has 47 heavy (non-hydrogen) atoms. The van der Waals surface area contributed by atoms with Crippen molar-refractivity contribution >= 4 is 45.9 Å². The molecule has 252 valence electrons. The van der Waals surface area contributed by atoms with Crippen molar-refractivity contribution in [2.24, 2.45) is 5.92 Å². The van der Waals surface area contributed by atoms with Gasteiger partial charge >= 0.3 is 5.97 Å². The number of ketones is 1. The predicted octanol–water partition coefficient (Wildman–Crippen LogP) is 5.84. The fraction of sp³-hybridized carbons (Fsp3) is 0.514. The fourth-order valence-electron chi connectivity index (χ4n) is 7.43. The number of aliphatic carboxylic acids is 1. The average molecular weight is 669 g/mol. The third-order valence-electron chi connectivity index (χ3n) is 9.67. The number of anilines is 1. The molecule has 2 aliphatic heterocycles. The van der Waals surface area contributed by atoms with E-state index in [-0.39, 0.29) is 46.8 Å². The Kier molecular flexibility index (Phi) is 10.0. The first-order valence-electron chi connectivity index (χ1n) is 16.5. The molecule has 2 saturated heterocycles. The number of fused-ring (bicyclic) bond motifs is 1. The van der Waals surface area contributed by atoms with E-state index in [1.807, 2.05) is 43.0 Å². The maximum atomic E-state index is 15.8. The van der Waals surface area contributed by atoms with E-state index in [0.717, 1.165) is 29.8 Å². The van der Waals surface area contributed by atoms with E-state index in [9.17, 15) is 19.5 Å². The molecule has 3 atom stereocenters. The lowest BCUT2D eigenvalue weighted by Gasteiger charge is -2.52. The van der Waals surface area contributed by atoms with Gasteiger partial charge in [0.2, 0.25) is 5.85 Å². The number of ether oxygens (including phenoxy) is 2. The van der Waals surface area contributed by atoms with E-state index in [1.165, 1.54) is 6.07 Å². The van der Waals surface area contributed by atoms with E-state index < -0.39 is 29.5 Å². The van der Waals surface area contributed by atoms with Crippen LogP contribution in [0.2, 0.25) is 5.02 Å². The monoisotopic (exact) mass is 668 g/mol. The van der Waals surface area contributed by atoms with Gasteiger partial charge in [-0.05, 0) is 76.1 Å². The number of H-pyrrole nitrogens is 1. The van der Waals surface area contributed by atoms with Crippen LogP contribution in [0, 0.1) is 11.7 Å². The lowest BCUT2D eigenvalue weighted by atomic mass is 9.87. The van der Waals surface area contributed by atoms with Crippen LogP contribution >= 0.6 is 11.6 Å². The number of hydrogen-bond acceptors (Lipinski definition) is 7. The molecule has 2 aromatic carbocycles. The summed E-state index contributed by atoms with van der Waals surface area (Å²) in [5, 5.41) is 13.1. The van der Waals surface area contributed by atoms with Crippen LogP contribution in [-0.4, -0.2) is 87.9 Å². The quantitative estimate of drug-likeness (QED) is 0.246. The Bertz CT molecular complexity index is 1630. The van der Waals surface area contributed by atoms with Gasteiger partial charge in [-0.3, -0.25) is 24.2 Å². The molecule has 1 amide bonds. The van der Waals surface area contributed by atoms with Crippen molar-refractivity contribution in [3.05, 3.63) is 64.6 Å². The molecule has 3 fully saturated rings. The number of amides is 1. The summed E-state index contributed by atoms with van der Waals surface area (Å²) < 4.78 is 28.8. The molecule has 0 spiro atoms. The Hall–Kier alpha value is -3.35. The van der Waals surface area contributed by atoms with E-state index in [1.54, 1.807) is 6.20 Å². The molecule has 3 N–H and O–H groups in total. The molecular formula is C35H42ClFN4O6. The van der Waals surface area contributed by atoms with Crippen LogP contribution in [0.15, 0.2) is 42.6 Å². The highest BCUT2D eigenvalue weighted by Gasteiger charge is 2.54. The Morgan fingerprint density at radius 2 is 1.74 bits per heavy atom. The highest BCUT2D eigenvalue weighted by Crippen LogP contribution is 2.38. The number of halogens is 2. The number of Topliss-reactive ketones (excluding diaryl/α,β-unsaturated/α-hetero) is 1. The molecule has 3 aromatic rings. The predicted molar refractivity (Wildman–Crippen MR) is 176 cm³/mol. The van der Waals surface area contributed by atoms with Crippen molar-refractivity contribution in [1.29, 1.82) is 0 Å². The minimum Gasteiger partial charge on any atom is -0.481 e. The first-order valence-corrected chi connectivity index (χ1v) is 16.9. The van der Waals surface area contributed by atoms with Crippen LogP contribution in [0.1, 0.15) is 68.3 Å². The van der Waals surface area contributed by atoms with Gasteiger partial charge in [-0.1, -0.05) is 29.8 Å². The number of aromatic amines is 1. The molecular weight excluding hydrogens is 627 g/mol. The van der Waals surface area contributed by atoms with Gasteiger partial charge in [0, 0.05) is 49.7 Å². The summed E-state index contributed by atoms with van der Waals surface area (Å²) in [4.78, 5) is 46.7.